The van der Waals surface area contributed by atoms with Crippen molar-refractivity contribution in [2.45, 2.75) is 12.6 Å². The second-order valence-corrected chi connectivity index (χ2v) is 7.12. The number of nitrogens with one attached hydrogen (secondary N) is 1. The van der Waals surface area contributed by atoms with Gasteiger partial charge in [-0.3, -0.25) is 9.59 Å². The third kappa shape index (κ3) is 3.67. The van der Waals surface area contributed by atoms with Gasteiger partial charge in [-0.25, -0.2) is 9.07 Å². The van der Waals surface area contributed by atoms with Gasteiger partial charge in [0.2, 0.25) is 5.91 Å². The molecule has 4 aromatic rings. The van der Waals surface area contributed by atoms with Crippen LogP contribution in [0.1, 0.15) is 16.5 Å². The van der Waals surface area contributed by atoms with Gasteiger partial charge in [-0.15, -0.1) is 16.4 Å². The van der Waals surface area contributed by atoms with Crippen LogP contribution >= 0.6 is 11.3 Å². The molecule has 0 radical (unpaired) electrons. The minimum atomic E-state index is -0.447. The van der Waals surface area contributed by atoms with Crippen LogP contribution in [0.2, 0.25) is 0 Å². The molecule has 0 unspecified atom stereocenters. The summed E-state index contributed by atoms with van der Waals surface area (Å²) in [5.41, 5.74) is 0.844. The van der Waals surface area contributed by atoms with Gasteiger partial charge in [0, 0.05) is 4.88 Å². The van der Waals surface area contributed by atoms with Crippen LogP contribution in [-0.2, 0) is 11.3 Å². The average molecular weight is 394 g/mol. The predicted octanol–water partition coefficient (Wildman–Crippen LogP) is 2.90. The third-order valence-corrected chi connectivity index (χ3v) is 5.20. The Balaban J connectivity index is 1.59. The first-order valence-electron chi connectivity index (χ1n) is 8.52. The smallest absolute Gasteiger partial charge is 0.278 e. The lowest BCUT2D eigenvalue weighted by Gasteiger charge is -2.18. The molecule has 28 heavy (non-hydrogen) atoms. The highest BCUT2D eigenvalue weighted by Crippen LogP contribution is 2.26. The van der Waals surface area contributed by atoms with Crippen molar-refractivity contribution < 1.29 is 9.18 Å². The zero-order chi connectivity index (χ0) is 19.5. The number of carbonyl (C=O) groups excluding carboxylic acids is 1. The van der Waals surface area contributed by atoms with E-state index in [-0.39, 0.29) is 17.9 Å². The first-order chi connectivity index (χ1) is 13.6. The number of nitrogens with zero attached hydrogens (tertiary/aromatic N) is 3. The summed E-state index contributed by atoms with van der Waals surface area (Å²) in [6.07, 6.45) is 0. The van der Waals surface area contributed by atoms with Gasteiger partial charge < -0.3 is 5.32 Å². The molecule has 0 aliphatic rings. The van der Waals surface area contributed by atoms with Crippen LogP contribution in [0, 0.1) is 5.82 Å². The van der Waals surface area contributed by atoms with E-state index >= 15 is 0 Å². The molecule has 1 atom stereocenters. The average Bonchev–Trinajstić information content (AvgIpc) is 3.24. The quantitative estimate of drug-likeness (QED) is 0.565. The molecule has 0 spiro atoms. The molecule has 1 amide bonds. The number of halogens is 1. The van der Waals surface area contributed by atoms with Crippen LogP contribution in [-0.4, -0.2) is 20.9 Å². The Morgan fingerprint density at radius 2 is 1.89 bits per heavy atom. The zero-order valence-corrected chi connectivity index (χ0v) is 15.4. The number of hydrogen-bond donors (Lipinski definition) is 1. The van der Waals surface area contributed by atoms with E-state index in [1.54, 1.807) is 36.4 Å². The summed E-state index contributed by atoms with van der Waals surface area (Å²) in [4.78, 5) is 26.1. The molecule has 1 N–H and O–H groups in total. The van der Waals surface area contributed by atoms with Gasteiger partial charge in [0.15, 0.2) is 0 Å². The predicted molar refractivity (Wildman–Crippen MR) is 105 cm³/mol. The molecule has 0 aliphatic carbocycles. The van der Waals surface area contributed by atoms with Crippen LogP contribution in [0.4, 0.5) is 4.39 Å². The highest BCUT2D eigenvalue weighted by atomic mass is 32.1. The maximum absolute atomic E-state index is 13.3. The summed E-state index contributed by atoms with van der Waals surface area (Å²) < 4.78 is 14.3. The molecule has 0 saturated carbocycles. The molecule has 2 aromatic carbocycles. The van der Waals surface area contributed by atoms with E-state index in [0.29, 0.717) is 10.9 Å². The van der Waals surface area contributed by atoms with Gasteiger partial charge in [0.05, 0.1) is 11.4 Å². The number of thiophene rings is 1. The Bertz CT molecular complexity index is 1170. The van der Waals surface area contributed by atoms with E-state index in [0.717, 1.165) is 15.1 Å². The van der Waals surface area contributed by atoms with Gasteiger partial charge >= 0.3 is 0 Å². The summed E-state index contributed by atoms with van der Waals surface area (Å²) >= 11 is 1.48. The van der Waals surface area contributed by atoms with Crippen molar-refractivity contribution in [3.8, 4) is 0 Å². The standard InChI is InChI=1S/C20H15FN4O2S/c21-14-9-7-13(8-10-14)19(17-6-3-11-28-17)22-18(26)12-25-20(27)15-4-1-2-5-16(15)23-24-25/h1-11,19H,12H2,(H,22,26)/t19-/m1/s1. The van der Waals surface area contributed by atoms with Gasteiger partial charge in [-0.2, -0.15) is 0 Å². The third-order valence-electron chi connectivity index (χ3n) is 4.26. The van der Waals surface area contributed by atoms with Crippen LogP contribution < -0.4 is 10.9 Å². The fourth-order valence-electron chi connectivity index (χ4n) is 2.90. The van der Waals surface area contributed by atoms with Gasteiger partial charge in [0.25, 0.3) is 5.56 Å². The van der Waals surface area contributed by atoms with Crippen LogP contribution in [0.3, 0.4) is 0 Å². The number of carbonyl (C=O) groups is 1. The second kappa shape index (κ2) is 7.69. The Labute approximate surface area is 163 Å². The van der Waals surface area contributed by atoms with Crippen LogP contribution in [0.5, 0.6) is 0 Å². The molecule has 0 bridgehead atoms. The molecule has 6 nitrogen and oxygen atoms in total. The van der Waals surface area contributed by atoms with E-state index < -0.39 is 11.9 Å². The maximum atomic E-state index is 13.3. The molecule has 2 heterocycles. The lowest BCUT2D eigenvalue weighted by atomic mass is 10.1. The molecular weight excluding hydrogens is 379 g/mol. The summed E-state index contributed by atoms with van der Waals surface area (Å²) in [5, 5.41) is 13.0. The number of amides is 1. The molecule has 8 heteroatoms. The Morgan fingerprint density at radius 1 is 1.11 bits per heavy atom. The van der Waals surface area contributed by atoms with Gasteiger partial charge in [0.1, 0.15) is 17.9 Å². The molecule has 140 valence electrons. The van der Waals surface area contributed by atoms with Crippen molar-refractivity contribution in [3.05, 3.63) is 92.7 Å². The first-order valence-corrected chi connectivity index (χ1v) is 9.40. The van der Waals surface area contributed by atoms with E-state index in [4.69, 9.17) is 0 Å². The molecule has 2 aromatic heterocycles. The van der Waals surface area contributed by atoms with E-state index in [2.05, 4.69) is 15.6 Å². The number of benzene rings is 2. The van der Waals surface area contributed by atoms with Crippen molar-refractivity contribution in [2.75, 3.05) is 0 Å². The number of hydrogen-bond acceptors (Lipinski definition) is 5. The Morgan fingerprint density at radius 3 is 2.64 bits per heavy atom. The SMILES string of the molecule is O=C(Cn1nnc2ccccc2c1=O)N[C@H](c1ccc(F)cc1)c1cccs1. The van der Waals surface area contributed by atoms with Crippen molar-refractivity contribution in [2.24, 2.45) is 0 Å². The fourth-order valence-corrected chi connectivity index (χ4v) is 3.70. The largest absolute Gasteiger partial charge is 0.343 e. The van der Waals surface area contributed by atoms with Crippen molar-refractivity contribution in [3.63, 3.8) is 0 Å². The lowest BCUT2D eigenvalue weighted by Crippen LogP contribution is -2.36. The monoisotopic (exact) mass is 394 g/mol. The summed E-state index contributed by atoms with van der Waals surface area (Å²) in [7, 11) is 0. The highest BCUT2D eigenvalue weighted by Gasteiger charge is 2.19. The molecule has 0 fully saturated rings. The fraction of sp³-hybridized carbons (Fsp3) is 0.100. The Hall–Kier alpha value is -3.39. The Kier molecular flexibility index (Phi) is 4.94. The summed E-state index contributed by atoms with van der Waals surface area (Å²) in [6, 6.07) is 16.1. The molecule has 4 rings (SSSR count). The van der Waals surface area contributed by atoms with E-state index in [1.807, 2.05) is 17.5 Å². The van der Waals surface area contributed by atoms with Crippen LogP contribution in [0.15, 0.2) is 70.8 Å². The summed E-state index contributed by atoms with van der Waals surface area (Å²) in [6.45, 7) is -0.264. The van der Waals surface area contributed by atoms with Crippen molar-refractivity contribution >= 4 is 28.1 Å². The topological polar surface area (TPSA) is 76.9 Å². The first kappa shape index (κ1) is 18.0. The van der Waals surface area contributed by atoms with E-state index in [9.17, 15) is 14.0 Å². The maximum Gasteiger partial charge on any atom is 0.278 e. The second-order valence-electron chi connectivity index (χ2n) is 6.14. The van der Waals surface area contributed by atoms with Crippen molar-refractivity contribution in [1.82, 2.24) is 20.3 Å². The molecule has 0 saturated heterocycles. The zero-order valence-electron chi connectivity index (χ0n) is 14.6. The van der Waals surface area contributed by atoms with Crippen LogP contribution in [0.25, 0.3) is 10.9 Å². The molecular formula is C20H15FN4O2S. The van der Waals surface area contributed by atoms with Gasteiger partial charge in [-0.05, 0) is 41.3 Å². The highest BCUT2D eigenvalue weighted by molar-refractivity contribution is 7.10. The molecule has 0 aliphatic heterocycles. The number of fused-ring (bicyclic) bond motifs is 1. The number of rotatable bonds is 5. The minimum Gasteiger partial charge on any atom is -0.343 e. The number of aromatic nitrogens is 3. The van der Waals surface area contributed by atoms with Gasteiger partial charge in [-0.1, -0.05) is 35.5 Å². The lowest BCUT2D eigenvalue weighted by molar-refractivity contribution is -0.122. The minimum absolute atomic E-state index is 0.264. The summed E-state index contributed by atoms with van der Waals surface area (Å²) in [5.74, 6) is -0.743. The van der Waals surface area contributed by atoms with Crippen molar-refractivity contribution in [1.29, 1.82) is 0 Å². The normalized spacial score (nSPS) is 12.0. The van der Waals surface area contributed by atoms with E-state index in [1.165, 1.54) is 23.5 Å².